The Morgan fingerprint density at radius 3 is 2.91 bits per heavy atom. The summed E-state index contributed by atoms with van der Waals surface area (Å²) in [6, 6.07) is 2.12. The van der Waals surface area contributed by atoms with Gasteiger partial charge in [-0.25, -0.2) is 4.79 Å². The molecule has 2 saturated carbocycles. The summed E-state index contributed by atoms with van der Waals surface area (Å²) in [5, 5.41) is 9.30. The van der Waals surface area contributed by atoms with E-state index in [0.29, 0.717) is 24.2 Å². The summed E-state index contributed by atoms with van der Waals surface area (Å²) in [6.07, 6.45) is 0.105. The molecule has 3 fully saturated rings. The lowest BCUT2D eigenvalue weighted by molar-refractivity contribution is -0.164. The van der Waals surface area contributed by atoms with E-state index < -0.39 is 29.6 Å². The Kier molecular flexibility index (Phi) is 3.24. The highest BCUT2D eigenvalue weighted by molar-refractivity contribution is 5.84. The first-order valence-corrected chi connectivity index (χ1v) is 7.18. The van der Waals surface area contributed by atoms with Crippen molar-refractivity contribution in [3.63, 3.8) is 0 Å². The average molecular weight is 303 g/mol. The van der Waals surface area contributed by atoms with Crippen LogP contribution in [0.3, 0.4) is 0 Å². The second kappa shape index (κ2) is 4.87. The van der Waals surface area contributed by atoms with Gasteiger partial charge in [-0.3, -0.25) is 4.79 Å². The maximum atomic E-state index is 11.9. The van der Waals surface area contributed by atoms with E-state index in [9.17, 15) is 14.9 Å². The molecule has 5 atom stereocenters. The van der Waals surface area contributed by atoms with Gasteiger partial charge < -0.3 is 14.2 Å². The van der Waals surface area contributed by atoms with Crippen LogP contribution in [0.5, 0.6) is 0 Å². The monoisotopic (exact) mass is 303 g/mol. The zero-order valence-electron chi connectivity index (χ0n) is 12.3. The fraction of sp³-hybridized carbons (Fsp3) is 0.562. The van der Waals surface area contributed by atoms with Crippen LogP contribution in [-0.2, 0) is 23.8 Å². The molecule has 1 aliphatic heterocycles. The van der Waals surface area contributed by atoms with E-state index in [1.807, 2.05) is 0 Å². The summed E-state index contributed by atoms with van der Waals surface area (Å²) >= 11 is 0. The molecule has 0 N–H and O–H groups in total. The second-order valence-electron chi connectivity index (χ2n) is 6.21. The van der Waals surface area contributed by atoms with Crippen LogP contribution in [0.25, 0.3) is 0 Å². The normalized spacial score (nSPS) is 37.4. The van der Waals surface area contributed by atoms with Crippen molar-refractivity contribution in [2.45, 2.75) is 32.0 Å². The van der Waals surface area contributed by atoms with E-state index in [1.165, 1.54) is 0 Å². The second-order valence-corrected chi connectivity index (χ2v) is 6.21. The topological polar surface area (TPSA) is 85.6 Å². The molecule has 2 aliphatic carbocycles. The number of allylic oxidation sites excluding steroid dienone is 1. The van der Waals surface area contributed by atoms with E-state index in [2.05, 4.69) is 19.2 Å². The van der Waals surface area contributed by atoms with Gasteiger partial charge in [0.1, 0.15) is 18.0 Å². The van der Waals surface area contributed by atoms with Crippen molar-refractivity contribution in [1.29, 1.82) is 5.26 Å². The number of nitriles is 1. The van der Waals surface area contributed by atoms with Gasteiger partial charge >= 0.3 is 11.9 Å². The molecule has 6 nitrogen and oxygen atoms in total. The van der Waals surface area contributed by atoms with E-state index in [1.54, 1.807) is 6.92 Å². The smallest absolute Gasteiger partial charge is 0.344 e. The van der Waals surface area contributed by atoms with Gasteiger partial charge in [0, 0.05) is 11.8 Å². The Morgan fingerprint density at radius 1 is 1.55 bits per heavy atom. The summed E-state index contributed by atoms with van der Waals surface area (Å²) < 4.78 is 15.9. The molecule has 0 aromatic heterocycles. The van der Waals surface area contributed by atoms with E-state index in [0.717, 1.165) is 0 Å². The highest BCUT2D eigenvalue weighted by Gasteiger charge is 2.72. The SMILES string of the molecule is C=C(C)C(=C)OCC(=O)OC1C2CC3C1OC(=O)C3(C#N)C2. The summed E-state index contributed by atoms with van der Waals surface area (Å²) in [7, 11) is 0. The summed E-state index contributed by atoms with van der Waals surface area (Å²) in [5.41, 5.74) is -0.389. The fourth-order valence-electron chi connectivity index (χ4n) is 3.74. The molecule has 6 heteroatoms. The largest absolute Gasteiger partial charge is 0.482 e. The Morgan fingerprint density at radius 2 is 2.27 bits per heavy atom. The molecule has 2 bridgehead atoms. The molecule has 3 rings (SSSR count). The summed E-state index contributed by atoms with van der Waals surface area (Å²) in [4.78, 5) is 23.8. The number of carbonyl (C=O) groups is 2. The first kappa shape index (κ1) is 14.6. The van der Waals surface area contributed by atoms with Crippen molar-refractivity contribution in [2.24, 2.45) is 17.3 Å². The fourth-order valence-corrected chi connectivity index (χ4v) is 3.74. The first-order valence-electron chi connectivity index (χ1n) is 7.18. The van der Waals surface area contributed by atoms with Crippen LogP contribution in [0.1, 0.15) is 19.8 Å². The third kappa shape index (κ3) is 1.92. The third-order valence-electron chi connectivity index (χ3n) is 4.87. The van der Waals surface area contributed by atoms with Crippen LogP contribution in [0.15, 0.2) is 24.5 Å². The molecule has 0 radical (unpaired) electrons. The number of ether oxygens (including phenoxy) is 3. The van der Waals surface area contributed by atoms with Crippen LogP contribution >= 0.6 is 0 Å². The van der Waals surface area contributed by atoms with Crippen LogP contribution in [-0.4, -0.2) is 30.8 Å². The summed E-state index contributed by atoms with van der Waals surface area (Å²) in [6.45, 7) is 8.75. The van der Waals surface area contributed by atoms with Gasteiger partial charge in [-0.1, -0.05) is 13.2 Å². The molecular formula is C16H17NO5. The minimum atomic E-state index is -1.02. The maximum Gasteiger partial charge on any atom is 0.344 e. The standard InChI is InChI=1S/C16H17NO5/c1-8(2)9(3)20-6-12(18)21-13-10-4-11-14(13)22-15(19)16(11,5-10)7-17/h10-11,13-14H,1,3-6H2,2H3. The van der Waals surface area contributed by atoms with Crippen molar-refractivity contribution in [3.05, 3.63) is 24.5 Å². The minimum Gasteiger partial charge on any atom is -0.482 e. The quantitative estimate of drug-likeness (QED) is 0.434. The molecule has 0 aromatic carbocycles. The Labute approximate surface area is 128 Å². The Bertz CT molecular complexity index is 619. The molecule has 5 unspecified atom stereocenters. The van der Waals surface area contributed by atoms with Gasteiger partial charge in [-0.2, -0.15) is 5.26 Å². The highest BCUT2D eigenvalue weighted by atomic mass is 16.6. The Balaban J connectivity index is 1.61. The van der Waals surface area contributed by atoms with Gasteiger partial charge in [0.05, 0.1) is 6.07 Å². The van der Waals surface area contributed by atoms with Gasteiger partial charge in [-0.15, -0.1) is 0 Å². The zero-order chi connectivity index (χ0) is 16.1. The maximum absolute atomic E-state index is 11.9. The predicted octanol–water partition coefficient (Wildman–Crippen LogP) is 1.48. The first-order chi connectivity index (χ1) is 10.4. The number of carbonyl (C=O) groups excluding carboxylic acids is 2. The van der Waals surface area contributed by atoms with Gasteiger partial charge in [-0.05, 0) is 25.3 Å². The average Bonchev–Trinajstić information content (AvgIpc) is 3.06. The van der Waals surface area contributed by atoms with Gasteiger partial charge in [0.2, 0.25) is 0 Å². The molecule has 0 spiro atoms. The van der Waals surface area contributed by atoms with Crippen LogP contribution < -0.4 is 0 Å². The lowest BCUT2D eigenvalue weighted by atomic mass is 9.75. The number of hydrogen-bond acceptors (Lipinski definition) is 6. The molecule has 0 aromatic rings. The number of esters is 2. The molecular weight excluding hydrogens is 286 g/mol. The molecule has 0 amide bonds. The van der Waals surface area contributed by atoms with Gasteiger partial charge in [0.15, 0.2) is 12.0 Å². The van der Waals surface area contributed by atoms with Crippen LogP contribution in [0, 0.1) is 28.6 Å². The lowest BCUT2D eigenvalue weighted by Crippen LogP contribution is -2.40. The van der Waals surface area contributed by atoms with E-state index in [4.69, 9.17) is 14.2 Å². The molecule has 3 aliphatic rings. The summed E-state index contributed by atoms with van der Waals surface area (Å²) in [5.74, 6) is -0.849. The molecule has 1 heterocycles. The lowest BCUT2D eigenvalue weighted by Gasteiger charge is -2.27. The Hall–Kier alpha value is -2.29. The van der Waals surface area contributed by atoms with Gasteiger partial charge in [0.25, 0.3) is 0 Å². The van der Waals surface area contributed by atoms with Crippen LogP contribution in [0.2, 0.25) is 0 Å². The van der Waals surface area contributed by atoms with Crippen molar-refractivity contribution < 1.29 is 23.8 Å². The third-order valence-corrected chi connectivity index (χ3v) is 4.87. The zero-order valence-corrected chi connectivity index (χ0v) is 12.3. The molecule has 116 valence electrons. The number of hydrogen-bond donors (Lipinski definition) is 0. The van der Waals surface area contributed by atoms with Crippen molar-refractivity contribution in [2.75, 3.05) is 6.61 Å². The minimum absolute atomic E-state index is 0.00519. The highest BCUT2D eigenvalue weighted by Crippen LogP contribution is 2.62. The van der Waals surface area contributed by atoms with E-state index >= 15 is 0 Å². The number of nitrogens with zero attached hydrogens (tertiary/aromatic N) is 1. The molecule has 1 saturated heterocycles. The molecule has 22 heavy (non-hydrogen) atoms. The van der Waals surface area contributed by atoms with E-state index in [-0.39, 0.29) is 18.4 Å². The number of rotatable bonds is 5. The van der Waals surface area contributed by atoms with Crippen LogP contribution in [0.4, 0.5) is 0 Å². The van der Waals surface area contributed by atoms with Crippen molar-refractivity contribution in [3.8, 4) is 6.07 Å². The van der Waals surface area contributed by atoms with Crippen molar-refractivity contribution >= 4 is 11.9 Å². The van der Waals surface area contributed by atoms with Crippen molar-refractivity contribution in [1.82, 2.24) is 0 Å². The number of fused-ring (bicyclic) bond motifs is 1. The predicted molar refractivity (Wildman–Crippen MR) is 73.9 cm³/mol.